The van der Waals surface area contributed by atoms with Crippen LogP contribution in [0.1, 0.15) is 24.2 Å². The van der Waals surface area contributed by atoms with Crippen molar-refractivity contribution < 1.29 is 4.79 Å². The van der Waals surface area contributed by atoms with Gasteiger partial charge in [0, 0.05) is 12.1 Å². The summed E-state index contributed by atoms with van der Waals surface area (Å²) < 4.78 is 0. The fraction of sp³-hybridized carbons (Fsp3) is 0.364. The summed E-state index contributed by atoms with van der Waals surface area (Å²) in [7, 11) is 2.01. The van der Waals surface area contributed by atoms with E-state index in [4.69, 9.17) is 0 Å². The molecule has 0 unspecified atom stereocenters. The van der Waals surface area contributed by atoms with Crippen molar-refractivity contribution in [3.8, 4) is 0 Å². The second-order valence-electron chi connectivity index (χ2n) is 3.97. The molecular formula is C11H16BNO. The number of hydrogen-bond donors (Lipinski definition) is 1. The van der Waals surface area contributed by atoms with Gasteiger partial charge in [-0.1, -0.05) is 43.6 Å². The average Bonchev–Trinajstić information content (AvgIpc) is 2.15. The molecule has 0 atom stereocenters. The maximum absolute atomic E-state index is 11.5. The number of carbonyl (C=O) groups is 1. The Hall–Kier alpha value is -1.25. The van der Waals surface area contributed by atoms with Gasteiger partial charge in [-0.2, -0.15) is 0 Å². The summed E-state index contributed by atoms with van der Waals surface area (Å²) in [6.07, 6.45) is 0. The Morgan fingerprint density at radius 1 is 1.36 bits per heavy atom. The Kier molecular flexibility index (Phi) is 3.75. The molecule has 1 aromatic rings. The van der Waals surface area contributed by atoms with Crippen LogP contribution in [0.2, 0.25) is 0 Å². The second-order valence-corrected chi connectivity index (χ2v) is 3.97. The monoisotopic (exact) mass is 189 g/mol. The number of rotatable bonds is 3. The Labute approximate surface area is 86.1 Å². The number of carbonyl (C=O) groups excluding carboxylic acids is 1. The molecule has 1 aromatic carbocycles. The van der Waals surface area contributed by atoms with Gasteiger partial charge in [-0.15, -0.1) is 0 Å². The summed E-state index contributed by atoms with van der Waals surface area (Å²) in [6.45, 7) is 4.89. The van der Waals surface area contributed by atoms with Crippen molar-refractivity contribution in [3.05, 3.63) is 29.8 Å². The van der Waals surface area contributed by atoms with E-state index in [0.717, 1.165) is 12.1 Å². The highest BCUT2D eigenvalue weighted by Crippen LogP contribution is 1.97. The Morgan fingerprint density at radius 2 is 1.93 bits per heavy atom. The standard InChI is InChI=1S/C11H16BNO/c1-8(2)7-13-11(14)9-3-5-10(12)6-4-9/h3-6,8H,7,12H2,1-2H3,(H,13,14). The van der Waals surface area contributed by atoms with Crippen LogP contribution >= 0.6 is 0 Å². The van der Waals surface area contributed by atoms with E-state index in [-0.39, 0.29) is 5.91 Å². The molecule has 0 aliphatic heterocycles. The number of benzene rings is 1. The van der Waals surface area contributed by atoms with Crippen molar-refractivity contribution >= 4 is 19.2 Å². The molecule has 74 valence electrons. The normalized spacial score (nSPS) is 10.2. The molecular weight excluding hydrogens is 173 g/mol. The van der Waals surface area contributed by atoms with Crippen LogP contribution in [0.15, 0.2) is 24.3 Å². The molecule has 0 aliphatic rings. The van der Waals surface area contributed by atoms with E-state index in [1.807, 2.05) is 32.1 Å². The van der Waals surface area contributed by atoms with Crippen molar-refractivity contribution in [3.63, 3.8) is 0 Å². The Balaban J connectivity index is 2.57. The van der Waals surface area contributed by atoms with Crippen LogP contribution in [0.4, 0.5) is 0 Å². The minimum Gasteiger partial charge on any atom is -0.352 e. The molecule has 0 fully saturated rings. The van der Waals surface area contributed by atoms with E-state index in [1.54, 1.807) is 0 Å². The summed E-state index contributed by atoms with van der Waals surface area (Å²) in [6, 6.07) is 7.60. The van der Waals surface area contributed by atoms with Gasteiger partial charge in [-0.25, -0.2) is 0 Å². The lowest BCUT2D eigenvalue weighted by molar-refractivity contribution is 0.0949. The molecule has 1 rings (SSSR count). The van der Waals surface area contributed by atoms with Crippen LogP contribution in [0, 0.1) is 5.92 Å². The highest BCUT2D eigenvalue weighted by atomic mass is 16.1. The molecule has 0 aliphatic carbocycles. The topological polar surface area (TPSA) is 29.1 Å². The maximum Gasteiger partial charge on any atom is 0.251 e. The summed E-state index contributed by atoms with van der Waals surface area (Å²) in [5.74, 6) is 0.503. The van der Waals surface area contributed by atoms with Crippen LogP contribution in [0.25, 0.3) is 0 Å². The predicted molar refractivity (Wildman–Crippen MR) is 61.8 cm³/mol. The zero-order valence-corrected chi connectivity index (χ0v) is 9.00. The van der Waals surface area contributed by atoms with Gasteiger partial charge in [-0.3, -0.25) is 4.79 Å². The molecule has 0 saturated heterocycles. The predicted octanol–water partition coefficient (Wildman–Crippen LogP) is 0.331. The first-order chi connectivity index (χ1) is 6.59. The zero-order valence-electron chi connectivity index (χ0n) is 9.00. The van der Waals surface area contributed by atoms with E-state index in [1.165, 1.54) is 5.46 Å². The van der Waals surface area contributed by atoms with Crippen LogP contribution < -0.4 is 10.8 Å². The molecule has 2 nitrogen and oxygen atoms in total. The minimum absolute atomic E-state index is 0.0127. The highest BCUT2D eigenvalue weighted by molar-refractivity contribution is 6.32. The Bertz CT molecular complexity index is 306. The van der Waals surface area contributed by atoms with Crippen LogP contribution in [0.3, 0.4) is 0 Å². The van der Waals surface area contributed by atoms with Gasteiger partial charge in [0.05, 0.1) is 0 Å². The van der Waals surface area contributed by atoms with Crippen LogP contribution in [-0.4, -0.2) is 20.3 Å². The van der Waals surface area contributed by atoms with Crippen LogP contribution in [0.5, 0.6) is 0 Å². The van der Waals surface area contributed by atoms with Crippen molar-refractivity contribution in [2.45, 2.75) is 13.8 Å². The van der Waals surface area contributed by atoms with Gasteiger partial charge in [0.15, 0.2) is 0 Å². The van der Waals surface area contributed by atoms with E-state index in [9.17, 15) is 4.79 Å². The third-order valence-electron chi connectivity index (χ3n) is 1.98. The summed E-state index contributed by atoms with van der Waals surface area (Å²) in [4.78, 5) is 11.5. The smallest absolute Gasteiger partial charge is 0.251 e. The molecule has 0 spiro atoms. The van der Waals surface area contributed by atoms with Crippen molar-refractivity contribution in [2.24, 2.45) is 5.92 Å². The number of nitrogens with one attached hydrogen (secondary N) is 1. The van der Waals surface area contributed by atoms with Gasteiger partial charge in [0.1, 0.15) is 7.85 Å². The second kappa shape index (κ2) is 4.84. The molecule has 0 bridgehead atoms. The SMILES string of the molecule is Bc1ccc(C(=O)NCC(C)C)cc1. The largest absolute Gasteiger partial charge is 0.352 e. The van der Waals surface area contributed by atoms with Gasteiger partial charge in [0.2, 0.25) is 0 Å². The first kappa shape index (κ1) is 10.8. The van der Waals surface area contributed by atoms with Gasteiger partial charge < -0.3 is 5.32 Å². The molecule has 0 aromatic heterocycles. The summed E-state index contributed by atoms with van der Waals surface area (Å²) in [5, 5.41) is 2.88. The lowest BCUT2D eigenvalue weighted by Crippen LogP contribution is -2.27. The number of hydrogen-bond acceptors (Lipinski definition) is 1. The molecule has 3 heteroatoms. The quantitative estimate of drug-likeness (QED) is 0.682. The lowest BCUT2D eigenvalue weighted by Gasteiger charge is -2.07. The average molecular weight is 189 g/mol. The van der Waals surface area contributed by atoms with Gasteiger partial charge in [-0.05, 0) is 5.92 Å². The summed E-state index contributed by atoms with van der Waals surface area (Å²) >= 11 is 0. The van der Waals surface area contributed by atoms with E-state index in [0.29, 0.717) is 5.92 Å². The molecule has 0 heterocycles. The molecule has 0 radical (unpaired) electrons. The van der Waals surface area contributed by atoms with Crippen molar-refractivity contribution in [1.82, 2.24) is 5.32 Å². The summed E-state index contributed by atoms with van der Waals surface area (Å²) in [5.41, 5.74) is 1.90. The third-order valence-corrected chi connectivity index (χ3v) is 1.98. The molecule has 0 saturated carbocycles. The van der Waals surface area contributed by atoms with Gasteiger partial charge in [0.25, 0.3) is 5.91 Å². The first-order valence-electron chi connectivity index (χ1n) is 4.94. The maximum atomic E-state index is 11.5. The fourth-order valence-corrected chi connectivity index (χ4v) is 1.10. The highest BCUT2D eigenvalue weighted by Gasteiger charge is 2.04. The minimum atomic E-state index is 0.0127. The Morgan fingerprint density at radius 3 is 2.43 bits per heavy atom. The third kappa shape index (κ3) is 3.25. The first-order valence-corrected chi connectivity index (χ1v) is 4.94. The van der Waals surface area contributed by atoms with E-state index < -0.39 is 0 Å². The zero-order chi connectivity index (χ0) is 10.6. The van der Waals surface area contributed by atoms with E-state index in [2.05, 4.69) is 19.2 Å². The van der Waals surface area contributed by atoms with Gasteiger partial charge >= 0.3 is 0 Å². The van der Waals surface area contributed by atoms with Crippen molar-refractivity contribution in [2.75, 3.05) is 6.54 Å². The van der Waals surface area contributed by atoms with Crippen LogP contribution in [-0.2, 0) is 0 Å². The fourth-order valence-electron chi connectivity index (χ4n) is 1.10. The number of amides is 1. The molecule has 1 N–H and O–H groups in total. The molecule has 14 heavy (non-hydrogen) atoms. The molecule has 1 amide bonds. The van der Waals surface area contributed by atoms with Crippen molar-refractivity contribution in [1.29, 1.82) is 0 Å². The lowest BCUT2D eigenvalue weighted by atomic mass is 9.95. The van der Waals surface area contributed by atoms with E-state index >= 15 is 0 Å².